The third-order valence-corrected chi connectivity index (χ3v) is 5.08. The quantitative estimate of drug-likeness (QED) is 0.175. The van der Waals surface area contributed by atoms with E-state index in [-0.39, 0.29) is 12.6 Å². The second kappa shape index (κ2) is 16.1. The molecule has 0 N–H and O–H groups in total. The fourth-order valence-electron chi connectivity index (χ4n) is 2.97. The molecule has 0 radical (unpaired) electrons. The maximum absolute atomic E-state index is 13.3. The molecule has 3 aromatic rings. The first-order valence-electron chi connectivity index (χ1n) is 10.9. The highest BCUT2D eigenvalue weighted by Gasteiger charge is 2.27. The average molecular weight is 644 g/mol. The molecule has 0 amide bonds. The number of hydrogen-bond acceptors (Lipinski definition) is 6. The van der Waals surface area contributed by atoms with E-state index in [1.165, 1.54) is 0 Å². The Hall–Kier alpha value is -4.94. The summed E-state index contributed by atoms with van der Waals surface area (Å²) in [7, 11) is 2.33. The van der Waals surface area contributed by atoms with Crippen molar-refractivity contribution in [3.8, 4) is 12.1 Å². The molecule has 0 aliphatic carbocycles. The normalized spacial score (nSPS) is 10.1. The molecule has 0 spiro atoms. The first-order valence-corrected chi connectivity index (χ1v) is 10.9. The number of hydrogen-bond donors (Lipinski definition) is 0. The predicted octanol–water partition coefficient (Wildman–Crippen LogP) is 6.39. The van der Waals surface area contributed by atoms with Crippen LogP contribution in [-0.4, -0.2) is 26.8 Å². The summed E-state index contributed by atoms with van der Waals surface area (Å²) in [5.41, 5.74) is -7.02. The number of nitrogens with zero attached hydrogens (tertiary/aromatic N) is 2. The zero-order valence-corrected chi connectivity index (χ0v) is 21.6. The molecule has 0 saturated carbocycles. The first-order chi connectivity index (χ1) is 20.6. The van der Waals surface area contributed by atoms with Crippen LogP contribution in [-0.2, 0) is 22.7 Å². The Morgan fingerprint density at radius 3 is 0.864 bits per heavy atom. The van der Waals surface area contributed by atoms with Gasteiger partial charge in [0.05, 0.1) is 35.5 Å². The van der Waals surface area contributed by atoms with Crippen molar-refractivity contribution in [1.29, 1.82) is 10.5 Å². The van der Waals surface area contributed by atoms with E-state index in [9.17, 15) is 62.3 Å². The number of carbonyl (C=O) groups is 2. The van der Waals surface area contributed by atoms with Gasteiger partial charge in [0.1, 0.15) is 23.3 Å². The van der Waals surface area contributed by atoms with Crippen molar-refractivity contribution in [3.63, 3.8) is 0 Å². The number of ether oxygens (including phenoxy) is 2. The van der Waals surface area contributed by atoms with Crippen LogP contribution in [0.1, 0.15) is 43.0 Å². The van der Waals surface area contributed by atoms with Gasteiger partial charge in [0.15, 0.2) is 82.4 Å². The van der Waals surface area contributed by atoms with Gasteiger partial charge in [0, 0.05) is 14.2 Å². The van der Waals surface area contributed by atoms with Crippen molar-refractivity contribution < 1.29 is 71.7 Å². The zero-order chi connectivity index (χ0) is 34.0. The molecule has 0 fully saturated rings. The van der Waals surface area contributed by atoms with Gasteiger partial charge >= 0.3 is 0 Å². The van der Waals surface area contributed by atoms with Gasteiger partial charge in [-0.25, -0.2) is 52.7 Å². The molecular formula is C26H12F12N2O4. The summed E-state index contributed by atoms with van der Waals surface area (Å²) in [5, 5.41) is 16.3. The van der Waals surface area contributed by atoms with Crippen LogP contribution in [0.15, 0.2) is 0 Å². The molecule has 18 heteroatoms. The van der Waals surface area contributed by atoms with Crippen LogP contribution in [0.25, 0.3) is 0 Å². The van der Waals surface area contributed by atoms with E-state index < -0.39 is 116 Å². The third-order valence-electron chi connectivity index (χ3n) is 5.08. The van der Waals surface area contributed by atoms with Crippen LogP contribution in [0.4, 0.5) is 52.7 Å². The van der Waals surface area contributed by atoms with E-state index in [0.29, 0.717) is 0 Å². The van der Waals surface area contributed by atoms with Crippen LogP contribution < -0.4 is 0 Å². The maximum atomic E-state index is 13.3. The minimum Gasteiger partial charge on any atom is -0.380 e. The second-order valence-corrected chi connectivity index (χ2v) is 7.63. The number of halogens is 12. The minimum atomic E-state index is -1.87. The standard InChI is InChI=1S/C10H10F4O2.C8F4N2.C8H2F4O2/c1-15-3-5-7(11)9(13)6(4-16-2)10(14)8(5)12;2*9-5-3(1-13)6(10)8(12)4(2-14)7(5)11/h3-4H2,1-2H3;;1-2H. The van der Waals surface area contributed by atoms with Gasteiger partial charge in [-0.1, -0.05) is 0 Å². The number of carbonyl (C=O) groups excluding carboxylic acids is 2. The maximum Gasteiger partial charge on any atom is 0.181 e. The molecule has 234 valence electrons. The molecule has 0 heterocycles. The van der Waals surface area contributed by atoms with E-state index in [2.05, 4.69) is 9.47 Å². The average Bonchev–Trinajstić information content (AvgIpc) is 3.00. The van der Waals surface area contributed by atoms with Crippen molar-refractivity contribution in [2.75, 3.05) is 14.2 Å². The molecule has 0 aliphatic rings. The van der Waals surface area contributed by atoms with Crippen LogP contribution in [0, 0.1) is 92.5 Å². The first kappa shape index (κ1) is 37.1. The van der Waals surface area contributed by atoms with E-state index in [4.69, 9.17) is 10.5 Å². The van der Waals surface area contributed by atoms with E-state index in [1.807, 2.05) is 0 Å². The molecule has 3 rings (SSSR count). The molecule has 0 bridgehead atoms. The molecule has 44 heavy (non-hydrogen) atoms. The lowest BCUT2D eigenvalue weighted by Crippen LogP contribution is -2.10. The highest BCUT2D eigenvalue weighted by Crippen LogP contribution is 2.26. The number of methoxy groups -OCH3 is 2. The summed E-state index contributed by atoms with van der Waals surface area (Å²) in [4.78, 5) is 20.1. The van der Waals surface area contributed by atoms with Crippen molar-refractivity contribution >= 4 is 12.6 Å². The highest BCUT2D eigenvalue weighted by atomic mass is 19.2. The summed E-state index contributed by atoms with van der Waals surface area (Å²) in [6.45, 7) is -1.09. The van der Waals surface area contributed by atoms with Gasteiger partial charge in [-0.15, -0.1) is 0 Å². The van der Waals surface area contributed by atoms with Crippen molar-refractivity contribution in [2.24, 2.45) is 0 Å². The summed E-state index contributed by atoms with van der Waals surface area (Å²) < 4.78 is 164. The lowest BCUT2D eigenvalue weighted by Gasteiger charge is -2.10. The topological polar surface area (TPSA) is 100 Å². The number of nitriles is 2. The predicted molar refractivity (Wildman–Crippen MR) is 120 cm³/mol. The molecular weight excluding hydrogens is 632 g/mol. The van der Waals surface area contributed by atoms with Crippen LogP contribution >= 0.6 is 0 Å². The number of aldehydes is 2. The lowest BCUT2D eigenvalue weighted by atomic mass is 10.1. The van der Waals surface area contributed by atoms with Gasteiger partial charge in [0.2, 0.25) is 0 Å². The second-order valence-electron chi connectivity index (χ2n) is 7.63. The number of benzene rings is 3. The Morgan fingerprint density at radius 2 is 0.705 bits per heavy atom. The van der Waals surface area contributed by atoms with E-state index >= 15 is 0 Å². The van der Waals surface area contributed by atoms with Crippen LogP contribution in [0.3, 0.4) is 0 Å². The molecule has 3 aromatic carbocycles. The summed E-state index contributed by atoms with van der Waals surface area (Å²) in [5.74, 6) is -20.7. The largest absolute Gasteiger partial charge is 0.380 e. The molecule has 0 aromatic heterocycles. The van der Waals surface area contributed by atoms with Gasteiger partial charge < -0.3 is 9.47 Å². The van der Waals surface area contributed by atoms with Gasteiger partial charge in [-0.05, 0) is 0 Å². The monoisotopic (exact) mass is 644 g/mol. The zero-order valence-electron chi connectivity index (χ0n) is 21.6. The summed E-state index contributed by atoms with van der Waals surface area (Å²) >= 11 is 0. The molecule has 6 nitrogen and oxygen atoms in total. The lowest BCUT2D eigenvalue weighted by molar-refractivity contribution is 0.109. The fourth-order valence-corrected chi connectivity index (χ4v) is 2.97. The van der Waals surface area contributed by atoms with Crippen molar-refractivity contribution in [2.45, 2.75) is 13.2 Å². The molecule has 0 aliphatic heterocycles. The van der Waals surface area contributed by atoms with Gasteiger partial charge in [-0.2, -0.15) is 10.5 Å². The molecule has 0 saturated heterocycles. The van der Waals surface area contributed by atoms with Gasteiger partial charge in [-0.3, -0.25) is 9.59 Å². The fraction of sp³-hybridized carbons (Fsp3) is 0.154. The molecule has 0 unspecified atom stereocenters. The summed E-state index contributed by atoms with van der Waals surface area (Å²) in [6, 6.07) is 1.91. The Morgan fingerprint density at radius 1 is 0.477 bits per heavy atom. The number of rotatable bonds is 6. The minimum absolute atomic E-state index is 0.370. The SMILES string of the molecule is COCc1c(F)c(F)c(COC)c(F)c1F.N#Cc1c(F)c(F)c(C#N)c(F)c1F.O=Cc1c(F)c(F)c(C=O)c(F)c1F. The van der Waals surface area contributed by atoms with E-state index in [1.54, 1.807) is 0 Å². The Kier molecular flexibility index (Phi) is 13.5. The van der Waals surface area contributed by atoms with Crippen LogP contribution in [0.5, 0.6) is 0 Å². The van der Waals surface area contributed by atoms with E-state index in [0.717, 1.165) is 26.4 Å². The van der Waals surface area contributed by atoms with Gasteiger partial charge in [0.25, 0.3) is 0 Å². The Balaban J connectivity index is 0.000000331. The third kappa shape index (κ3) is 7.33. The smallest absolute Gasteiger partial charge is 0.181 e. The Bertz CT molecular complexity index is 1480. The van der Waals surface area contributed by atoms with Crippen molar-refractivity contribution in [3.05, 3.63) is 103 Å². The van der Waals surface area contributed by atoms with Crippen LogP contribution in [0.2, 0.25) is 0 Å². The highest BCUT2D eigenvalue weighted by molar-refractivity contribution is 5.81. The molecule has 0 atom stereocenters. The van der Waals surface area contributed by atoms with Crippen molar-refractivity contribution in [1.82, 2.24) is 0 Å². The summed E-state index contributed by atoms with van der Waals surface area (Å²) in [6.07, 6.45) is -0.739. The Labute approximate surface area is 238 Å².